The van der Waals surface area contributed by atoms with Gasteiger partial charge in [0, 0.05) is 61.2 Å². The number of fused-ring (bicyclic) bond motifs is 6. The van der Waals surface area contributed by atoms with Gasteiger partial charge in [-0.25, -0.2) is 19.4 Å². The van der Waals surface area contributed by atoms with E-state index >= 15 is 0 Å². The molecule has 27 heteroatoms. The number of unbranched alkanes of at least 4 members (excludes halogenated alkanes) is 1. The Morgan fingerprint density at radius 3 is 2.41 bits per heavy atom. The summed E-state index contributed by atoms with van der Waals surface area (Å²) in [6.07, 6.45) is 2.21. The predicted octanol–water partition coefficient (Wildman–Crippen LogP) is 8.02. The number of pyridine rings is 1. The van der Waals surface area contributed by atoms with Crippen LogP contribution in [0.2, 0.25) is 5.02 Å². The second kappa shape index (κ2) is 30.9. The minimum atomic E-state index is -1.89. The Hall–Kier alpha value is -6.42. The molecule has 3 aliphatic heterocycles. The Morgan fingerprint density at radius 1 is 1.02 bits per heavy atom. The lowest BCUT2D eigenvalue weighted by Gasteiger charge is -2.42. The highest BCUT2D eigenvalue weighted by Gasteiger charge is 2.64. The van der Waals surface area contributed by atoms with E-state index in [4.69, 9.17) is 45.8 Å². The number of nitrogens with zero attached hydrogens (tertiary/aromatic N) is 2. The van der Waals surface area contributed by atoms with Gasteiger partial charge in [0.25, 0.3) is 0 Å². The van der Waals surface area contributed by atoms with Gasteiger partial charge in [-0.05, 0) is 114 Å². The fourth-order valence-corrected chi connectivity index (χ4v) is 12.5. The first-order valence-corrected chi connectivity index (χ1v) is 31.6. The second-order valence-corrected chi connectivity index (χ2v) is 25.2. The van der Waals surface area contributed by atoms with Crippen molar-refractivity contribution in [2.24, 2.45) is 17.6 Å². The van der Waals surface area contributed by atoms with E-state index in [2.05, 4.69) is 68.7 Å². The number of alkyl carbamates (subject to hydrolysis) is 1. The Labute approximate surface area is 534 Å². The lowest BCUT2D eigenvalue weighted by Crippen LogP contribution is -2.63. The van der Waals surface area contributed by atoms with E-state index in [0.29, 0.717) is 58.7 Å². The summed E-state index contributed by atoms with van der Waals surface area (Å²) in [5.41, 5.74) is 3.04. The van der Waals surface area contributed by atoms with E-state index in [1.54, 1.807) is 83.3 Å². The van der Waals surface area contributed by atoms with Crippen LogP contribution in [0, 0.1) is 11.8 Å². The second-order valence-electron chi connectivity index (χ2n) is 23.7. The Kier molecular flexibility index (Phi) is 24.8. The van der Waals surface area contributed by atoms with Crippen molar-refractivity contribution in [3.63, 3.8) is 0 Å². The number of aromatic nitrogens is 1. The van der Waals surface area contributed by atoms with Crippen LogP contribution in [0.1, 0.15) is 105 Å². The molecular weight excluding hydrogens is 1290 g/mol. The molecule has 3 aromatic rings. The number of ether oxygens (including phenoxy) is 6. The van der Waals surface area contributed by atoms with Gasteiger partial charge in [0.1, 0.15) is 58.2 Å². The molecule has 0 unspecified atom stereocenters. The van der Waals surface area contributed by atoms with E-state index in [1.807, 2.05) is 26.8 Å². The molecular formula is C61H82Br2ClN9O15. The van der Waals surface area contributed by atoms with Crippen LogP contribution in [0.25, 0.3) is 10.9 Å². The maximum atomic E-state index is 14.5. The number of primary amides is 1. The van der Waals surface area contributed by atoms with Crippen LogP contribution in [0.3, 0.4) is 0 Å². The van der Waals surface area contributed by atoms with E-state index < -0.39 is 107 Å². The number of rotatable bonds is 24. The number of anilines is 3. The summed E-state index contributed by atoms with van der Waals surface area (Å²) in [4.78, 5) is 112. The van der Waals surface area contributed by atoms with Gasteiger partial charge in [0.2, 0.25) is 23.6 Å². The van der Waals surface area contributed by atoms with Gasteiger partial charge in [-0.3, -0.25) is 29.8 Å². The van der Waals surface area contributed by atoms with Crippen LogP contribution in [-0.4, -0.2) is 156 Å². The number of benzene rings is 2. The molecule has 3 aliphatic rings. The molecule has 24 nitrogen and oxygen atoms in total. The predicted molar refractivity (Wildman–Crippen MR) is 339 cm³/mol. The molecule has 0 saturated carbocycles. The number of alkyl halides is 2. The van der Waals surface area contributed by atoms with Gasteiger partial charge in [-0.15, -0.1) is 0 Å². The van der Waals surface area contributed by atoms with Crippen molar-refractivity contribution in [3.05, 3.63) is 76.9 Å². The third kappa shape index (κ3) is 18.6. The average molecular weight is 1380 g/mol. The standard InChI is InChI=1S/C61H82Br2ClN9O15/c1-34(2)51(71-48(75)18-11-12-23-58(5,6)88-60(31-62,32-63)33-74)54(78)69-41(16-14-24-66-55(65)79)53(77)70-47-22-19-38-28-39(20-21-40(38)68-47)67-56(80)86-46-29-49(76)73(8)42-26-37(27-43(83-9)50(42)64)25-35(3)15-13-17-45(84-10)61(82)30-44(85-57(81)72-61)36(4)52-59(46,7)87-52/h13,15,17,19-22,26-28,33-34,36,41,44-46,51-52,82H,11-12,14,16,18,23-25,29-32H2,1-10H3,(H,67,80)(H,69,78)(H,71,75)(H,72,81)(H3,65,66,79)(H,68,70,77)/b17-13+,35-15+/t36-,41+,44+,45-,46+,51+,52+,59+,61+/m1/s1. The number of nitrogens with one attached hydrogen (secondary N) is 6. The summed E-state index contributed by atoms with van der Waals surface area (Å²) in [6.45, 7) is 12.8. The lowest BCUT2D eigenvalue weighted by atomic mass is 9.83. The minimum absolute atomic E-state index is 0.0693. The van der Waals surface area contributed by atoms with Crippen LogP contribution in [-0.2, 0) is 54.1 Å². The maximum absolute atomic E-state index is 14.5. The number of aldehydes is 1. The largest absolute Gasteiger partial charge is 0.495 e. The van der Waals surface area contributed by atoms with Crippen LogP contribution < -0.4 is 47.3 Å². The summed E-state index contributed by atoms with van der Waals surface area (Å²) in [6, 6.07) is 8.59. The first kappa shape index (κ1) is 70.7. The SMILES string of the molecule is COc1cc2cc(c1Cl)N(C)C(=O)C[C@H](OC(=O)Nc1ccc3nc(NC(=O)[C@H](CCCNC(N)=O)NC(=O)[C@@H](NC(=O)CCCCC(C)(C)OC(C=O)(CBr)CBr)C(C)C)ccc3c1)[C@]1(C)O[C@H]1[C@H](C)[C@@H]1C[C@@](O)(NC(=O)O1)[C@H](OC)/C=C/C=C(\C)C2. The number of epoxide rings is 1. The maximum Gasteiger partial charge on any atom is 0.412 e. The van der Waals surface area contributed by atoms with E-state index in [1.165, 1.54) is 25.2 Å². The van der Waals surface area contributed by atoms with Crippen molar-refractivity contribution < 1.29 is 71.9 Å². The fraction of sp³-hybridized carbons (Fsp3) is 0.557. The van der Waals surface area contributed by atoms with Gasteiger partial charge in [0.05, 0.1) is 36.4 Å². The summed E-state index contributed by atoms with van der Waals surface area (Å²) in [5.74, 6) is -2.61. The molecule has 8 amide bonds. The Bertz CT molecular complexity index is 3110. The zero-order valence-corrected chi connectivity index (χ0v) is 55.2. The van der Waals surface area contributed by atoms with Gasteiger partial charge >= 0.3 is 18.2 Å². The van der Waals surface area contributed by atoms with Crippen LogP contribution >= 0.6 is 43.5 Å². The minimum Gasteiger partial charge on any atom is -0.495 e. The van der Waals surface area contributed by atoms with Gasteiger partial charge in [-0.1, -0.05) is 94.5 Å². The van der Waals surface area contributed by atoms with Crippen LogP contribution in [0.5, 0.6) is 5.75 Å². The Morgan fingerprint density at radius 2 is 1.75 bits per heavy atom. The lowest BCUT2D eigenvalue weighted by molar-refractivity contribution is -0.146. The fourth-order valence-electron chi connectivity index (χ4n) is 10.8. The first-order valence-electron chi connectivity index (χ1n) is 29.0. The first-order chi connectivity index (χ1) is 41.5. The topological polar surface area (TPSA) is 330 Å². The summed E-state index contributed by atoms with van der Waals surface area (Å²) in [5, 5.41) is 29.3. The normalized spacial score (nSPS) is 24.0. The van der Waals surface area contributed by atoms with Crippen molar-refractivity contribution >= 4 is 120 Å². The number of carbonyl (C=O) groups excluding carboxylic acids is 8. The summed E-state index contributed by atoms with van der Waals surface area (Å²) in [7, 11) is 4.43. The molecule has 4 heterocycles. The van der Waals surface area contributed by atoms with Crippen LogP contribution in [0.15, 0.2) is 66.3 Å². The molecule has 0 aliphatic carbocycles. The number of methoxy groups -OCH3 is 2. The number of carbonyl (C=O) groups is 8. The van der Waals surface area contributed by atoms with Crippen molar-refractivity contribution in [1.29, 1.82) is 0 Å². The molecule has 2 saturated heterocycles. The highest BCUT2D eigenvalue weighted by atomic mass is 79.9. The van der Waals surface area contributed by atoms with Gasteiger partial charge in [0.15, 0.2) is 12.0 Å². The zero-order chi connectivity index (χ0) is 64.9. The van der Waals surface area contributed by atoms with E-state index in [0.717, 1.165) is 17.4 Å². The number of hydrogen-bond donors (Lipinski definition) is 8. The number of hydrogen-bond acceptors (Lipinski definition) is 16. The van der Waals surface area contributed by atoms with Crippen molar-refractivity contribution in [3.8, 4) is 5.75 Å². The quantitative estimate of drug-likeness (QED) is 0.0182. The summed E-state index contributed by atoms with van der Waals surface area (Å²) >= 11 is 13.6. The zero-order valence-electron chi connectivity index (χ0n) is 51.2. The number of halogens is 3. The van der Waals surface area contributed by atoms with Crippen molar-refractivity contribution in [2.75, 3.05) is 54.0 Å². The van der Waals surface area contributed by atoms with Crippen molar-refractivity contribution in [1.82, 2.24) is 26.3 Å². The highest BCUT2D eigenvalue weighted by molar-refractivity contribution is 9.10. The third-order valence-electron chi connectivity index (χ3n) is 15.8. The number of amides is 8. The molecule has 4 bridgehead atoms. The highest BCUT2D eigenvalue weighted by Crippen LogP contribution is 2.49. The molecule has 9 atom stereocenters. The molecule has 2 aromatic carbocycles. The molecule has 2 fully saturated rings. The molecule has 0 spiro atoms. The number of aliphatic hydroxyl groups is 1. The number of nitrogens with two attached hydrogens (primary N) is 1. The van der Waals surface area contributed by atoms with Gasteiger partial charge in [-0.2, -0.15) is 0 Å². The molecule has 482 valence electrons. The number of allylic oxidation sites excluding steroid dienone is 3. The van der Waals surface area contributed by atoms with Crippen LogP contribution in [0.4, 0.5) is 31.6 Å². The molecule has 88 heavy (non-hydrogen) atoms. The Balaban J connectivity index is 1.16. The average Bonchev–Trinajstić information content (AvgIpc) is 1.91. The number of urea groups is 1. The molecule has 6 rings (SSSR count). The van der Waals surface area contributed by atoms with E-state index in [-0.39, 0.29) is 60.6 Å². The molecule has 0 radical (unpaired) electrons. The third-order valence-corrected chi connectivity index (χ3v) is 18.1. The molecule has 1 aromatic heterocycles. The monoisotopic (exact) mass is 1370 g/mol. The summed E-state index contributed by atoms with van der Waals surface area (Å²) < 4.78 is 35.6. The molecule has 9 N–H and O–H groups in total. The van der Waals surface area contributed by atoms with E-state index in [9.17, 15) is 43.5 Å². The van der Waals surface area contributed by atoms with Crippen molar-refractivity contribution in [2.45, 2.75) is 165 Å². The van der Waals surface area contributed by atoms with Gasteiger partial charge < -0.3 is 70.2 Å². The smallest absolute Gasteiger partial charge is 0.412 e.